The number of piperidine rings is 1. The van der Waals surface area contributed by atoms with E-state index in [-0.39, 0.29) is 17.9 Å². The van der Waals surface area contributed by atoms with Crippen molar-refractivity contribution < 1.29 is 9.59 Å². The third-order valence-electron chi connectivity index (χ3n) is 7.15. The van der Waals surface area contributed by atoms with Crippen LogP contribution in [-0.2, 0) is 0 Å². The molecule has 0 saturated carbocycles. The zero-order valence-electron chi connectivity index (χ0n) is 21.2. The zero-order valence-corrected chi connectivity index (χ0v) is 22.8. The number of fused-ring (bicyclic) bond motifs is 1. The van der Waals surface area contributed by atoms with Gasteiger partial charge in [-0.15, -0.1) is 22.7 Å². The van der Waals surface area contributed by atoms with Gasteiger partial charge in [0.1, 0.15) is 11.5 Å². The number of likely N-dealkylation sites (tertiary alicyclic amines) is 1. The number of rotatable bonds is 4. The number of carbonyl (C=O) groups is 2. The van der Waals surface area contributed by atoms with Crippen molar-refractivity contribution in [2.45, 2.75) is 25.7 Å². The Morgan fingerprint density at radius 1 is 0.974 bits per heavy atom. The molecular formula is C27H29N7O2S2. The number of nitrogens with zero attached hydrogens (tertiary/aromatic N) is 6. The molecule has 2 aliphatic heterocycles. The van der Waals surface area contributed by atoms with Gasteiger partial charge < -0.3 is 20.0 Å². The molecule has 0 bridgehead atoms. The molecule has 11 heteroatoms. The molecule has 3 aromatic heterocycles. The van der Waals surface area contributed by atoms with Crippen molar-refractivity contribution in [2.75, 3.05) is 49.5 Å². The average molecular weight is 548 g/mol. The Kier molecular flexibility index (Phi) is 6.94. The van der Waals surface area contributed by atoms with E-state index in [2.05, 4.69) is 25.2 Å². The number of anilines is 2. The molecule has 1 N–H and O–H groups in total. The van der Waals surface area contributed by atoms with Crippen LogP contribution in [0.3, 0.4) is 0 Å². The number of amides is 3. The molecule has 1 aromatic carbocycles. The van der Waals surface area contributed by atoms with Crippen LogP contribution < -0.4 is 10.2 Å². The summed E-state index contributed by atoms with van der Waals surface area (Å²) in [5, 5.41) is 6.75. The van der Waals surface area contributed by atoms with Gasteiger partial charge in [0, 0.05) is 62.5 Å². The number of thiazole rings is 2. The first-order valence-corrected chi connectivity index (χ1v) is 14.6. The molecule has 0 spiro atoms. The lowest BCUT2D eigenvalue weighted by Gasteiger charge is -2.39. The normalized spacial score (nSPS) is 16.7. The van der Waals surface area contributed by atoms with Crippen LogP contribution in [0.5, 0.6) is 0 Å². The zero-order chi connectivity index (χ0) is 26.1. The minimum atomic E-state index is -0.212. The summed E-state index contributed by atoms with van der Waals surface area (Å²) in [5.41, 5.74) is 2.04. The number of benzene rings is 1. The summed E-state index contributed by atoms with van der Waals surface area (Å²) in [7, 11) is 0. The summed E-state index contributed by atoms with van der Waals surface area (Å²) in [6, 6.07) is 11.8. The first-order chi connectivity index (χ1) is 18.5. The summed E-state index contributed by atoms with van der Waals surface area (Å²) < 4.78 is 1.10. The van der Waals surface area contributed by atoms with E-state index in [1.54, 1.807) is 17.5 Å². The van der Waals surface area contributed by atoms with Crippen molar-refractivity contribution >= 4 is 56.3 Å². The molecule has 2 fully saturated rings. The van der Waals surface area contributed by atoms with Gasteiger partial charge in [-0.25, -0.2) is 19.7 Å². The van der Waals surface area contributed by atoms with Gasteiger partial charge in [0.15, 0.2) is 0 Å². The monoisotopic (exact) mass is 547 g/mol. The highest BCUT2D eigenvalue weighted by Crippen LogP contribution is 2.31. The van der Waals surface area contributed by atoms with Crippen LogP contribution >= 0.6 is 22.7 Å². The van der Waals surface area contributed by atoms with E-state index >= 15 is 0 Å². The van der Waals surface area contributed by atoms with E-state index in [1.807, 2.05) is 58.5 Å². The van der Waals surface area contributed by atoms with Crippen molar-refractivity contribution in [1.29, 1.82) is 0 Å². The molecule has 0 aliphatic carbocycles. The number of aromatic nitrogens is 3. The second kappa shape index (κ2) is 10.7. The van der Waals surface area contributed by atoms with Crippen LogP contribution in [0.25, 0.3) is 10.2 Å². The van der Waals surface area contributed by atoms with E-state index in [1.165, 1.54) is 11.3 Å². The largest absolute Gasteiger partial charge is 0.353 e. The van der Waals surface area contributed by atoms with Crippen molar-refractivity contribution in [1.82, 2.24) is 24.8 Å². The SMILES string of the molecule is Cc1nc2cc(NC(=O)c3csc(C4CCN(C(=O)N5CCN(c6ccccn6)CC5)CC4)n3)ccc2s1. The van der Waals surface area contributed by atoms with Crippen molar-refractivity contribution in [3.8, 4) is 0 Å². The van der Waals surface area contributed by atoms with E-state index < -0.39 is 0 Å². The highest BCUT2D eigenvalue weighted by atomic mass is 32.1. The van der Waals surface area contributed by atoms with Crippen molar-refractivity contribution in [2.24, 2.45) is 0 Å². The highest BCUT2D eigenvalue weighted by Gasteiger charge is 2.30. The van der Waals surface area contributed by atoms with E-state index in [0.29, 0.717) is 31.9 Å². The van der Waals surface area contributed by atoms with E-state index in [9.17, 15) is 9.59 Å². The predicted octanol–water partition coefficient (Wildman–Crippen LogP) is 4.83. The van der Waals surface area contributed by atoms with Gasteiger partial charge in [0.05, 0.1) is 20.2 Å². The fourth-order valence-electron chi connectivity index (χ4n) is 5.08. The maximum atomic E-state index is 13.1. The number of carbonyl (C=O) groups excluding carboxylic acids is 2. The molecule has 0 atom stereocenters. The molecule has 5 heterocycles. The summed E-state index contributed by atoms with van der Waals surface area (Å²) in [6.07, 6.45) is 3.51. The van der Waals surface area contributed by atoms with E-state index in [4.69, 9.17) is 0 Å². The molecule has 196 valence electrons. The molecule has 38 heavy (non-hydrogen) atoms. The van der Waals surface area contributed by atoms with Gasteiger partial charge in [-0.05, 0) is 50.1 Å². The van der Waals surface area contributed by atoms with Gasteiger partial charge >= 0.3 is 6.03 Å². The quantitative estimate of drug-likeness (QED) is 0.393. The Labute approximate surface area is 229 Å². The molecule has 2 saturated heterocycles. The molecular weight excluding hydrogens is 518 g/mol. The van der Waals surface area contributed by atoms with Crippen LogP contribution in [-0.4, -0.2) is 76.0 Å². The lowest BCUT2D eigenvalue weighted by molar-refractivity contribution is 0.102. The number of piperazine rings is 1. The van der Waals surface area contributed by atoms with E-state index in [0.717, 1.165) is 57.7 Å². The van der Waals surface area contributed by atoms with Crippen LogP contribution in [0.15, 0.2) is 48.0 Å². The lowest BCUT2D eigenvalue weighted by atomic mass is 9.98. The second-order valence-corrected chi connectivity index (χ2v) is 11.8. The molecule has 4 aromatic rings. The van der Waals surface area contributed by atoms with Crippen LogP contribution in [0.2, 0.25) is 0 Å². The Hall–Kier alpha value is -3.57. The number of hydrogen-bond acceptors (Lipinski definition) is 8. The van der Waals surface area contributed by atoms with Gasteiger partial charge in [-0.3, -0.25) is 4.79 Å². The number of aryl methyl sites for hydroxylation is 1. The highest BCUT2D eigenvalue weighted by molar-refractivity contribution is 7.18. The minimum absolute atomic E-state index is 0.121. The number of nitrogens with one attached hydrogen (secondary N) is 1. The van der Waals surface area contributed by atoms with Crippen LogP contribution in [0.4, 0.5) is 16.3 Å². The molecule has 0 unspecified atom stereocenters. The fourth-order valence-corrected chi connectivity index (χ4v) is 6.86. The predicted molar refractivity (Wildman–Crippen MR) is 151 cm³/mol. The van der Waals surface area contributed by atoms with Crippen molar-refractivity contribution in [3.63, 3.8) is 0 Å². The van der Waals surface area contributed by atoms with Crippen LogP contribution in [0, 0.1) is 6.92 Å². The van der Waals surface area contributed by atoms with Crippen LogP contribution in [0.1, 0.15) is 39.3 Å². The summed E-state index contributed by atoms with van der Waals surface area (Å²) in [4.78, 5) is 45.7. The maximum absolute atomic E-state index is 13.1. The van der Waals surface area contributed by atoms with Crippen molar-refractivity contribution in [3.05, 3.63) is 63.7 Å². The molecule has 0 radical (unpaired) electrons. The number of hydrogen-bond donors (Lipinski definition) is 1. The standard InChI is InChI=1S/C27H29N7O2S2/c1-18-29-21-16-20(5-6-23(21)38-18)30-25(35)22-17-37-26(31-22)19-7-10-33(11-8-19)27(36)34-14-12-32(13-15-34)24-4-2-3-9-28-24/h2-6,9,16-17,19H,7-8,10-15H2,1H3,(H,30,35). The Morgan fingerprint density at radius 2 is 1.76 bits per heavy atom. The molecule has 6 rings (SSSR count). The summed E-state index contributed by atoms with van der Waals surface area (Å²) in [6.45, 7) is 6.38. The Balaban J connectivity index is 1.00. The molecule has 9 nitrogen and oxygen atoms in total. The number of urea groups is 1. The van der Waals surface area contributed by atoms with Gasteiger partial charge in [-0.2, -0.15) is 0 Å². The third kappa shape index (κ3) is 5.21. The number of pyridine rings is 1. The molecule has 3 amide bonds. The first-order valence-electron chi connectivity index (χ1n) is 12.9. The smallest absolute Gasteiger partial charge is 0.320 e. The Morgan fingerprint density at radius 3 is 2.53 bits per heavy atom. The van der Waals surface area contributed by atoms with Gasteiger partial charge in [0.2, 0.25) is 0 Å². The molecule has 2 aliphatic rings. The average Bonchev–Trinajstić information content (AvgIpc) is 3.60. The maximum Gasteiger partial charge on any atom is 0.320 e. The van der Waals surface area contributed by atoms with Gasteiger partial charge in [-0.1, -0.05) is 6.07 Å². The first kappa shape index (κ1) is 24.7. The summed E-state index contributed by atoms with van der Waals surface area (Å²) in [5.74, 6) is 1.02. The van der Waals surface area contributed by atoms with Gasteiger partial charge in [0.25, 0.3) is 5.91 Å². The second-order valence-electron chi connectivity index (χ2n) is 9.65. The summed E-state index contributed by atoms with van der Waals surface area (Å²) >= 11 is 3.17. The minimum Gasteiger partial charge on any atom is -0.353 e. The third-order valence-corrected chi connectivity index (χ3v) is 9.10. The Bertz CT molecular complexity index is 1440. The topological polar surface area (TPSA) is 94.6 Å². The fraction of sp³-hybridized carbons (Fsp3) is 0.370. The lowest BCUT2D eigenvalue weighted by Crippen LogP contribution is -2.54.